The van der Waals surface area contributed by atoms with Crippen molar-refractivity contribution in [2.24, 2.45) is 0 Å². The van der Waals surface area contributed by atoms with Gasteiger partial charge in [0, 0.05) is 6.04 Å². The lowest BCUT2D eigenvalue weighted by Gasteiger charge is -2.14. The van der Waals surface area contributed by atoms with Crippen LogP contribution < -0.4 is 4.72 Å². The molecular formula is C22H20F3NO4S. The van der Waals surface area contributed by atoms with Crippen molar-refractivity contribution >= 4 is 10.0 Å². The van der Waals surface area contributed by atoms with Gasteiger partial charge in [0.05, 0.1) is 18.4 Å². The highest BCUT2D eigenvalue weighted by atomic mass is 32.2. The molecule has 0 spiro atoms. The van der Waals surface area contributed by atoms with Crippen molar-refractivity contribution in [1.29, 1.82) is 0 Å². The average Bonchev–Trinajstić information content (AvgIpc) is 3.38. The van der Waals surface area contributed by atoms with Gasteiger partial charge in [-0.15, -0.1) is 0 Å². The predicted molar refractivity (Wildman–Crippen MR) is 107 cm³/mol. The van der Waals surface area contributed by atoms with Crippen LogP contribution in [-0.4, -0.2) is 13.5 Å². The third-order valence-electron chi connectivity index (χ3n) is 5.31. The zero-order valence-electron chi connectivity index (χ0n) is 16.3. The van der Waals surface area contributed by atoms with Gasteiger partial charge < -0.3 is 9.52 Å². The summed E-state index contributed by atoms with van der Waals surface area (Å²) in [5, 5.41) is 9.15. The van der Waals surface area contributed by atoms with Crippen LogP contribution in [0.15, 0.2) is 64.3 Å². The molecule has 1 unspecified atom stereocenters. The van der Waals surface area contributed by atoms with E-state index in [1.165, 1.54) is 18.4 Å². The van der Waals surface area contributed by atoms with Crippen LogP contribution in [0.4, 0.5) is 13.2 Å². The van der Waals surface area contributed by atoms with E-state index in [0.717, 1.165) is 28.8 Å². The fourth-order valence-corrected chi connectivity index (χ4v) is 5.10. The molecule has 31 heavy (non-hydrogen) atoms. The van der Waals surface area contributed by atoms with E-state index in [0.29, 0.717) is 18.4 Å². The van der Waals surface area contributed by atoms with Crippen molar-refractivity contribution in [3.63, 3.8) is 0 Å². The Balaban J connectivity index is 1.55. The molecule has 1 aliphatic rings. The molecule has 0 fully saturated rings. The summed E-state index contributed by atoms with van der Waals surface area (Å²) < 4.78 is 71.9. The van der Waals surface area contributed by atoms with Crippen LogP contribution in [0.2, 0.25) is 0 Å². The second kappa shape index (κ2) is 8.14. The van der Waals surface area contributed by atoms with Crippen LogP contribution in [0.5, 0.6) is 0 Å². The van der Waals surface area contributed by atoms with Gasteiger partial charge in [0.25, 0.3) is 10.0 Å². The van der Waals surface area contributed by atoms with Crippen molar-refractivity contribution in [3.05, 3.63) is 88.2 Å². The summed E-state index contributed by atoms with van der Waals surface area (Å²) in [7, 11) is -3.78. The molecule has 0 saturated heterocycles. The van der Waals surface area contributed by atoms with Gasteiger partial charge in [-0.1, -0.05) is 24.3 Å². The lowest BCUT2D eigenvalue weighted by Crippen LogP contribution is -2.27. The van der Waals surface area contributed by atoms with E-state index in [1.807, 2.05) is 12.1 Å². The van der Waals surface area contributed by atoms with Crippen molar-refractivity contribution in [3.8, 4) is 0 Å². The molecule has 1 heterocycles. The lowest BCUT2D eigenvalue weighted by molar-refractivity contribution is -0.137. The number of aryl methyl sites for hydroxylation is 1. The van der Waals surface area contributed by atoms with Gasteiger partial charge in [0.1, 0.15) is 0 Å². The Kier molecular flexibility index (Phi) is 5.67. The number of nitrogens with one attached hydrogen (secondary N) is 1. The summed E-state index contributed by atoms with van der Waals surface area (Å²) in [5.74, 6) is 0. The van der Waals surface area contributed by atoms with Crippen LogP contribution in [0.1, 0.15) is 45.8 Å². The minimum absolute atomic E-state index is 0.151. The zero-order chi connectivity index (χ0) is 22.2. The summed E-state index contributed by atoms with van der Waals surface area (Å²) in [6, 6.07) is 11.6. The Labute approximate surface area is 177 Å². The first-order valence-corrected chi connectivity index (χ1v) is 11.1. The lowest BCUT2D eigenvalue weighted by atomic mass is 9.97. The molecule has 0 amide bonds. The SMILES string of the molecule is O=S(=O)(NC1CCc2cc(Cc3cc(CO)cc(C(F)(F)F)c3)ccc21)c1ccco1. The fraction of sp³-hybridized carbons (Fsp3) is 0.273. The first kappa shape index (κ1) is 21.6. The quantitative estimate of drug-likeness (QED) is 0.584. The highest BCUT2D eigenvalue weighted by Gasteiger charge is 2.31. The molecule has 164 valence electrons. The largest absolute Gasteiger partial charge is 0.452 e. The van der Waals surface area contributed by atoms with Crippen LogP contribution in [0.3, 0.4) is 0 Å². The van der Waals surface area contributed by atoms with Crippen LogP contribution in [0, 0.1) is 0 Å². The van der Waals surface area contributed by atoms with Crippen molar-refractivity contribution in [1.82, 2.24) is 4.72 Å². The molecule has 1 atom stereocenters. The van der Waals surface area contributed by atoms with Gasteiger partial charge in [-0.2, -0.15) is 13.2 Å². The molecule has 0 radical (unpaired) electrons. The van der Waals surface area contributed by atoms with E-state index in [2.05, 4.69) is 4.72 Å². The molecule has 5 nitrogen and oxygen atoms in total. The first-order valence-electron chi connectivity index (χ1n) is 9.64. The Morgan fingerprint density at radius 1 is 1.06 bits per heavy atom. The molecule has 2 aromatic carbocycles. The summed E-state index contributed by atoms with van der Waals surface area (Å²) in [4.78, 5) is 0. The highest BCUT2D eigenvalue weighted by Crippen LogP contribution is 2.34. The number of furan rings is 1. The molecule has 9 heteroatoms. The van der Waals surface area contributed by atoms with Crippen molar-refractivity contribution in [2.75, 3.05) is 0 Å². The summed E-state index contributed by atoms with van der Waals surface area (Å²) >= 11 is 0. The van der Waals surface area contributed by atoms with Gasteiger partial charge in [0.2, 0.25) is 5.09 Å². The fourth-order valence-electron chi connectivity index (χ4n) is 3.92. The number of aliphatic hydroxyl groups is 1. The highest BCUT2D eigenvalue weighted by molar-refractivity contribution is 7.89. The van der Waals surface area contributed by atoms with Gasteiger partial charge >= 0.3 is 6.18 Å². The second-order valence-electron chi connectivity index (χ2n) is 7.55. The zero-order valence-corrected chi connectivity index (χ0v) is 17.1. The van der Waals surface area contributed by atoms with Gasteiger partial charge in [-0.3, -0.25) is 0 Å². The van der Waals surface area contributed by atoms with Crippen LogP contribution in [-0.2, 0) is 35.6 Å². The molecule has 0 aliphatic heterocycles. The third-order valence-corrected chi connectivity index (χ3v) is 6.67. The van der Waals surface area contributed by atoms with E-state index in [-0.39, 0.29) is 17.1 Å². The molecule has 1 aromatic heterocycles. The van der Waals surface area contributed by atoms with Gasteiger partial charge in [-0.05, 0) is 71.3 Å². The maximum Gasteiger partial charge on any atom is 0.416 e. The number of fused-ring (bicyclic) bond motifs is 1. The molecule has 1 aliphatic carbocycles. The maximum atomic E-state index is 13.1. The Morgan fingerprint density at radius 2 is 1.84 bits per heavy atom. The second-order valence-corrected chi connectivity index (χ2v) is 9.19. The van der Waals surface area contributed by atoms with E-state index in [4.69, 9.17) is 4.42 Å². The Hall–Kier alpha value is -2.62. The van der Waals surface area contributed by atoms with E-state index >= 15 is 0 Å². The first-order chi connectivity index (χ1) is 14.7. The number of benzene rings is 2. The molecule has 3 aromatic rings. The van der Waals surface area contributed by atoms with E-state index in [1.54, 1.807) is 12.1 Å². The van der Waals surface area contributed by atoms with Gasteiger partial charge in [-0.25, -0.2) is 13.1 Å². The van der Waals surface area contributed by atoms with Crippen molar-refractivity contribution in [2.45, 2.75) is 43.2 Å². The number of sulfonamides is 1. The number of hydrogen-bond acceptors (Lipinski definition) is 4. The van der Waals surface area contributed by atoms with Gasteiger partial charge in [0.15, 0.2) is 0 Å². The topological polar surface area (TPSA) is 79.5 Å². The summed E-state index contributed by atoms with van der Waals surface area (Å²) in [6.07, 6.45) is -1.70. The van der Waals surface area contributed by atoms with E-state index in [9.17, 15) is 26.7 Å². The normalized spacial score (nSPS) is 16.5. The molecule has 0 saturated carbocycles. The Morgan fingerprint density at radius 3 is 2.52 bits per heavy atom. The number of aliphatic hydroxyl groups excluding tert-OH is 1. The third kappa shape index (κ3) is 4.68. The minimum Gasteiger partial charge on any atom is -0.452 e. The van der Waals surface area contributed by atoms with E-state index < -0.39 is 34.4 Å². The summed E-state index contributed by atoms with van der Waals surface area (Å²) in [6.45, 7) is -0.474. The molecule has 0 bridgehead atoms. The molecular weight excluding hydrogens is 431 g/mol. The number of rotatable bonds is 6. The monoisotopic (exact) mass is 451 g/mol. The summed E-state index contributed by atoms with van der Waals surface area (Å²) in [5.41, 5.74) is 2.49. The number of hydrogen-bond donors (Lipinski definition) is 2. The number of alkyl halides is 3. The Bertz CT molecular complexity index is 1190. The van der Waals surface area contributed by atoms with Crippen LogP contribution >= 0.6 is 0 Å². The smallest absolute Gasteiger partial charge is 0.416 e. The standard InChI is InChI=1S/C22H20F3NO4S/c23-22(24,25)18-11-15(9-16(12-18)13-27)8-14-3-5-19-17(10-14)4-6-20(19)26-31(28,29)21-2-1-7-30-21/h1-3,5,7,9-12,20,26-27H,4,6,8,13H2. The predicted octanol–water partition coefficient (Wildman–Crippen LogP) is 4.35. The molecule has 2 N–H and O–H groups in total. The molecule has 4 rings (SSSR count). The minimum atomic E-state index is -4.49. The average molecular weight is 451 g/mol. The van der Waals surface area contributed by atoms with Crippen molar-refractivity contribution < 1.29 is 31.1 Å². The number of halogens is 3. The maximum absolute atomic E-state index is 13.1. The van der Waals surface area contributed by atoms with Crippen LogP contribution in [0.25, 0.3) is 0 Å².